The Morgan fingerprint density at radius 1 is 1.10 bits per heavy atom. The number of nitrogens with two attached hydrogens (primary N) is 1. The lowest BCUT2D eigenvalue weighted by molar-refractivity contribution is -0.121. The molecule has 0 fully saturated rings. The zero-order valence-corrected chi connectivity index (χ0v) is 14.3. The van der Waals surface area contributed by atoms with E-state index in [-0.39, 0.29) is 17.4 Å². The second-order valence-corrected chi connectivity index (χ2v) is 7.68. The number of hydrogen-bond acceptors (Lipinski definition) is 2. The highest BCUT2D eigenvalue weighted by Crippen LogP contribution is 2.20. The van der Waals surface area contributed by atoms with Gasteiger partial charge < -0.3 is 11.1 Å². The van der Waals surface area contributed by atoms with E-state index in [1.807, 2.05) is 0 Å². The second kappa shape index (κ2) is 10.2. The van der Waals surface area contributed by atoms with Crippen LogP contribution in [0.2, 0.25) is 0 Å². The Kier molecular flexibility index (Phi) is 9.91. The third-order valence-corrected chi connectivity index (χ3v) is 3.35. The molecule has 120 valence electrons. The lowest BCUT2D eigenvalue weighted by Gasteiger charge is -2.22. The van der Waals surface area contributed by atoms with Gasteiger partial charge in [0.25, 0.3) is 0 Å². The van der Waals surface area contributed by atoms with Gasteiger partial charge in [-0.2, -0.15) is 0 Å². The highest BCUT2D eigenvalue weighted by Gasteiger charge is 2.17. The fourth-order valence-electron chi connectivity index (χ4n) is 2.43. The van der Waals surface area contributed by atoms with Gasteiger partial charge in [0.05, 0.1) is 0 Å². The molecule has 0 bridgehead atoms. The molecule has 0 radical (unpaired) electrons. The zero-order chi connectivity index (χ0) is 15.6. The van der Waals surface area contributed by atoms with E-state index < -0.39 is 0 Å². The first-order valence-corrected chi connectivity index (χ1v) is 8.23. The van der Waals surface area contributed by atoms with E-state index >= 15 is 0 Å². The Hall–Kier alpha value is -0.570. The molecule has 0 saturated carbocycles. The molecule has 0 aromatic heterocycles. The molecule has 0 aromatic rings. The van der Waals surface area contributed by atoms with Gasteiger partial charge in [0.1, 0.15) is 0 Å². The van der Waals surface area contributed by atoms with Crippen molar-refractivity contribution in [1.82, 2.24) is 5.32 Å². The smallest absolute Gasteiger partial charge is 0.221 e. The molecule has 0 aliphatic rings. The SMILES string of the molecule is CC(C)CCCCCCNC(=O)CC(N)CC(C)(C)C. The molecule has 0 saturated heterocycles. The minimum atomic E-state index is -0.0268. The quantitative estimate of drug-likeness (QED) is 0.598. The van der Waals surface area contributed by atoms with Gasteiger partial charge in [-0.15, -0.1) is 0 Å². The first kappa shape index (κ1) is 19.4. The Bertz CT molecular complexity index is 256. The summed E-state index contributed by atoms with van der Waals surface area (Å²) in [5.74, 6) is 0.905. The summed E-state index contributed by atoms with van der Waals surface area (Å²) in [6.45, 7) is 11.8. The van der Waals surface area contributed by atoms with Crippen LogP contribution in [0.1, 0.15) is 79.6 Å². The molecule has 0 spiro atoms. The zero-order valence-electron chi connectivity index (χ0n) is 14.3. The van der Waals surface area contributed by atoms with Crippen molar-refractivity contribution in [3.8, 4) is 0 Å². The second-order valence-electron chi connectivity index (χ2n) is 7.68. The van der Waals surface area contributed by atoms with Crippen LogP contribution in [0.5, 0.6) is 0 Å². The number of rotatable bonds is 10. The van der Waals surface area contributed by atoms with Gasteiger partial charge in [0.2, 0.25) is 5.91 Å². The molecule has 0 aliphatic carbocycles. The van der Waals surface area contributed by atoms with Crippen LogP contribution in [-0.4, -0.2) is 18.5 Å². The van der Waals surface area contributed by atoms with Crippen LogP contribution in [0, 0.1) is 11.3 Å². The predicted molar refractivity (Wildman–Crippen MR) is 87.6 cm³/mol. The summed E-state index contributed by atoms with van der Waals surface area (Å²) < 4.78 is 0. The summed E-state index contributed by atoms with van der Waals surface area (Å²) in [7, 11) is 0. The number of unbranched alkanes of at least 4 members (excludes halogenated alkanes) is 3. The molecule has 3 N–H and O–H groups in total. The van der Waals surface area contributed by atoms with Crippen LogP contribution in [0.3, 0.4) is 0 Å². The van der Waals surface area contributed by atoms with E-state index in [2.05, 4.69) is 39.9 Å². The fourth-order valence-corrected chi connectivity index (χ4v) is 2.43. The predicted octanol–water partition coefficient (Wildman–Crippen LogP) is 3.86. The van der Waals surface area contributed by atoms with Gasteiger partial charge in [-0.25, -0.2) is 0 Å². The molecular weight excluding hydrogens is 248 g/mol. The number of nitrogens with one attached hydrogen (secondary N) is 1. The van der Waals surface area contributed by atoms with E-state index in [9.17, 15) is 4.79 Å². The third kappa shape index (κ3) is 13.9. The maximum absolute atomic E-state index is 11.7. The Morgan fingerprint density at radius 3 is 2.25 bits per heavy atom. The van der Waals surface area contributed by atoms with Crippen molar-refractivity contribution in [2.75, 3.05) is 6.54 Å². The van der Waals surface area contributed by atoms with Crippen molar-refractivity contribution in [2.24, 2.45) is 17.1 Å². The standard InChI is InChI=1S/C17H36N2O/c1-14(2)10-8-6-7-9-11-19-16(20)12-15(18)13-17(3,4)5/h14-15H,6-13,18H2,1-5H3,(H,19,20). The van der Waals surface area contributed by atoms with Gasteiger partial charge in [0.15, 0.2) is 0 Å². The number of hydrogen-bond donors (Lipinski definition) is 2. The monoisotopic (exact) mass is 284 g/mol. The molecule has 0 heterocycles. The van der Waals surface area contributed by atoms with E-state index in [0.717, 1.165) is 25.3 Å². The molecule has 0 rings (SSSR count). The largest absolute Gasteiger partial charge is 0.356 e. The van der Waals surface area contributed by atoms with Crippen molar-refractivity contribution in [3.05, 3.63) is 0 Å². The van der Waals surface area contributed by atoms with Crippen molar-refractivity contribution in [1.29, 1.82) is 0 Å². The van der Waals surface area contributed by atoms with Crippen molar-refractivity contribution >= 4 is 5.91 Å². The molecule has 0 aliphatic heterocycles. The van der Waals surface area contributed by atoms with Crippen LogP contribution < -0.4 is 11.1 Å². The minimum absolute atomic E-state index is 0.0268. The highest BCUT2D eigenvalue weighted by molar-refractivity contribution is 5.76. The van der Waals surface area contributed by atoms with Crippen LogP contribution in [0.25, 0.3) is 0 Å². The molecule has 3 heteroatoms. The van der Waals surface area contributed by atoms with Crippen LogP contribution >= 0.6 is 0 Å². The summed E-state index contributed by atoms with van der Waals surface area (Å²) in [5, 5.41) is 2.98. The van der Waals surface area contributed by atoms with E-state index in [0.29, 0.717) is 6.42 Å². The first-order valence-electron chi connectivity index (χ1n) is 8.23. The first-order chi connectivity index (χ1) is 9.20. The molecule has 1 atom stereocenters. The van der Waals surface area contributed by atoms with Crippen LogP contribution in [-0.2, 0) is 4.79 Å². The van der Waals surface area contributed by atoms with Crippen LogP contribution in [0.4, 0.5) is 0 Å². The lowest BCUT2D eigenvalue weighted by atomic mass is 9.87. The molecule has 0 aromatic carbocycles. The lowest BCUT2D eigenvalue weighted by Crippen LogP contribution is -2.34. The minimum Gasteiger partial charge on any atom is -0.356 e. The average Bonchev–Trinajstić information content (AvgIpc) is 2.24. The molecule has 20 heavy (non-hydrogen) atoms. The Morgan fingerprint density at radius 2 is 1.70 bits per heavy atom. The normalized spacial score (nSPS) is 13.6. The van der Waals surface area contributed by atoms with Crippen LogP contribution in [0.15, 0.2) is 0 Å². The van der Waals surface area contributed by atoms with Gasteiger partial charge in [-0.1, -0.05) is 60.3 Å². The maximum atomic E-state index is 11.7. The third-order valence-electron chi connectivity index (χ3n) is 3.35. The number of amides is 1. The Balaban J connectivity index is 3.50. The molecular formula is C17H36N2O. The molecule has 1 unspecified atom stereocenters. The topological polar surface area (TPSA) is 55.1 Å². The summed E-state index contributed by atoms with van der Waals surface area (Å²) in [5.41, 5.74) is 6.19. The Labute approximate surface area is 126 Å². The van der Waals surface area contributed by atoms with Gasteiger partial charge >= 0.3 is 0 Å². The fraction of sp³-hybridized carbons (Fsp3) is 0.941. The average molecular weight is 284 g/mol. The molecule has 1 amide bonds. The maximum Gasteiger partial charge on any atom is 0.221 e. The summed E-state index contributed by atoms with van der Waals surface area (Å²) in [6.07, 6.45) is 7.52. The van der Waals surface area contributed by atoms with E-state index in [1.165, 1.54) is 25.7 Å². The van der Waals surface area contributed by atoms with E-state index in [4.69, 9.17) is 5.73 Å². The summed E-state index contributed by atoms with van der Waals surface area (Å²) in [4.78, 5) is 11.7. The highest BCUT2D eigenvalue weighted by atomic mass is 16.1. The molecule has 3 nitrogen and oxygen atoms in total. The van der Waals surface area contributed by atoms with Crippen molar-refractivity contribution in [2.45, 2.75) is 85.6 Å². The van der Waals surface area contributed by atoms with Gasteiger partial charge in [-0.3, -0.25) is 4.79 Å². The van der Waals surface area contributed by atoms with E-state index in [1.54, 1.807) is 0 Å². The summed E-state index contributed by atoms with van der Waals surface area (Å²) >= 11 is 0. The van der Waals surface area contributed by atoms with Crippen molar-refractivity contribution in [3.63, 3.8) is 0 Å². The number of carbonyl (C=O) groups is 1. The van der Waals surface area contributed by atoms with Gasteiger partial charge in [-0.05, 0) is 24.2 Å². The van der Waals surface area contributed by atoms with Gasteiger partial charge in [0, 0.05) is 19.0 Å². The summed E-state index contributed by atoms with van der Waals surface area (Å²) in [6, 6.07) is -0.0268. The van der Waals surface area contributed by atoms with Crippen molar-refractivity contribution < 1.29 is 4.79 Å². The number of carbonyl (C=O) groups excluding carboxylic acids is 1.